The summed E-state index contributed by atoms with van der Waals surface area (Å²) in [6, 6.07) is 16.2. The van der Waals surface area contributed by atoms with Crippen LogP contribution in [-0.4, -0.2) is 16.0 Å². The second-order valence-corrected chi connectivity index (χ2v) is 5.26. The van der Waals surface area contributed by atoms with Crippen LogP contribution in [0.5, 0.6) is 0 Å². The summed E-state index contributed by atoms with van der Waals surface area (Å²) < 4.78 is 5.22. The molecule has 24 heavy (non-hydrogen) atoms. The Kier molecular flexibility index (Phi) is 4.34. The molecule has 118 valence electrons. The average molecular weight is 318 g/mol. The fourth-order valence-corrected chi connectivity index (χ4v) is 2.21. The predicted molar refractivity (Wildman–Crippen MR) is 86.8 cm³/mol. The third kappa shape index (κ3) is 3.47. The van der Waals surface area contributed by atoms with E-state index >= 15 is 0 Å². The number of carbonyl (C=O) groups is 1. The summed E-state index contributed by atoms with van der Waals surface area (Å²) in [5.74, 6) is 0.500. The van der Waals surface area contributed by atoms with Crippen molar-refractivity contribution in [3.8, 4) is 17.5 Å². The van der Waals surface area contributed by atoms with Crippen LogP contribution in [0.2, 0.25) is 0 Å². The standard InChI is InChI=1S/C18H14N4O2/c1-12-4-2-7-15(8-12)18-21-16(22-24-18)11-20-17(23)14-6-3-5-13(9-14)10-19/h2-9H,11H2,1H3,(H,20,23). The Morgan fingerprint density at radius 2 is 2.08 bits per heavy atom. The fourth-order valence-electron chi connectivity index (χ4n) is 2.21. The second-order valence-electron chi connectivity index (χ2n) is 5.26. The minimum atomic E-state index is -0.297. The molecule has 0 aliphatic heterocycles. The summed E-state index contributed by atoms with van der Waals surface area (Å²) >= 11 is 0. The number of nitrogens with zero attached hydrogens (tertiary/aromatic N) is 3. The molecule has 6 nitrogen and oxygen atoms in total. The third-order valence-electron chi connectivity index (χ3n) is 3.39. The van der Waals surface area contributed by atoms with E-state index in [2.05, 4.69) is 15.5 Å². The molecule has 6 heteroatoms. The van der Waals surface area contributed by atoms with E-state index in [1.54, 1.807) is 18.2 Å². The summed E-state index contributed by atoms with van der Waals surface area (Å²) in [6.07, 6.45) is 0. The van der Waals surface area contributed by atoms with E-state index in [9.17, 15) is 4.79 Å². The molecule has 1 N–H and O–H groups in total. The first-order valence-corrected chi connectivity index (χ1v) is 7.34. The van der Waals surface area contributed by atoms with Crippen molar-refractivity contribution < 1.29 is 9.32 Å². The number of carbonyl (C=O) groups excluding carboxylic acids is 1. The van der Waals surface area contributed by atoms with Crippen LogP contribution in [0, 0.1) is 18.3 Å². The predicted octanol–water partition coefficient (Wildman–Crippen LogP) is 2.85. The zero-order valence-electron chi connectivity index (χ0n) is 13.0. The molecule has 1 heterocycles. The number of amides is 1. The highest BCUT2D eigenvalue weighted by Crippen LogP contribution is 2.18. The van der Waals surface area contributed by atoms with Gasteiger partial charge in [0.05, 0.1) is 18.2 Å². The molecule has 0 unspecified atom stereocenters. The molecule has 0 aliphatic carbocycles. The van der Waals surface area contributed by atoms with Crippen molar-refractivity contribution in [2.75, 3.05) is 0 Å². The van der Waals surface area contributed by atoms with Crippen molar-refractivity contribution in [3.05, 3.63) is 71.0 Å². The van der Waals surface area contributed by atoms with Gasteiger partial charge in [-0.2, -0.15) is 10.2 Å². The minimum Gasteiger partial charge on any atom is -0.345 e. The van der Waals surface area contributed by atoms with Gasteiger partial charge in [0.2, 0.25) is 0 Å². The fraction of sp³-hybridized carbons (Fsp3) is 0.111. The number of benzene rings is 2. The first-order valence-electron chi connectivity index (χ1n) is 7.34. The Hall–Kier alpha value is -3.46. The van der Waals surface area contributed by atoms with E-state index in [0.29, 0.717) is 22.8 Å². The lowest BCUT2D eigenvalue weighted by Gasteiger charge is -2.02. The van der Waals surface area contributed by atoms with Gasteiger partial charge in [-0.05, 0) is 37.3 Å². The Morgan fingerprint density at radius 3 is 2.88 bits per heavy atom. The van der Waals surface area contributed by atoms with Gasteiger partial charge in [-0.1, -0.05) is 28.9 Å². The molecule has 1 amide bonds. The Bertz CT molecular complexity index is 925. The van der Waals surface area contributed by atoms with Crippen LogP contribution in [0.4, 0.5) is 0 Å². The lowest BCUT2D eigenvalue weighted by Crippen LogP contribution is -2.23. The van der Waals surface area contributed by atoms with Gasteiger partial charge in [-0.15, -0.1) is 0 Å². The molecule has 2 aromatic carbocycles. The maximum absolute atomic E-state index is 12.1. The summed E-state index contributed by atoms with van der Waals surface area (Å²) in [4.78, 5) is 16.4. The highest BCUT2D eigenvalue weighted by atomic mass is 16.5. The summed E-state index contributed by atoms with van der Waals surface area (Å²) in [5.41, 5.74) is 2.78. The van der Waals surface area contributed by atoms with Crippen molar-refractivity contribution in [3.63, 3.8) is 0 Å². The van der Waals surface area contributed by atoms with Gasteiger partial charge in [0, 0.05) is 11.1 Å². The molecule has 0 fully saturated rings. The minimum absolute atomic E-state index is 0.144. The third-order valence-corrected chi connectivity index (χ3v) is 3.39. The Labute approximate surface area is 138 Å². The molecule has 3 rings (SSSR count). The van der Waals surface area contributed by atoms with Crippen LogP contribution in [0.3, 0.4) is 0 Å². The largest absolute Gasteiger partial charge is 0.345 e. The molecule has 0 saturated heterocycles. The molecule has 1 aromatic heterocycles. The molecular formula is C18H14N4O2. The average Bonchev–Trinajstić information content (AvgIpc) is 3.09. The topological polar surface area (TPSA) is 91.8 Å². The van der Waals surface area contributed by atoms with E-state index in [-0.39, 0.29) is 12.5 Å². The van der Waals surface area contributed by atoms with Gasteiger partial charge < -0.3 is 9.84 Å². The quantitative estimate of drug-likeness (QED) is 0.798. The summed E-state index contributed by atoms with van der Waals surface area (Å²) in [6.45, 7) is 2.13. The molecule has 0 spiro atoms. The monoisotopic (exact) mass is 318 g/mol. The van der Waals surface area contributed by atoms with Crippen LogP contribution >= 0.6 is 0 Å². The van der Waals surface area contributed by atoms with Crippen LogP contribution in [0.15, 0.2) is 53.1 Å². The van der Waals surface area contributed by atoms with E-state index < -0.39 is 0 Å². The maximum Gasteiger partial charge on any atom is 0.257 e. The van der Waals surface area contributed by atoms with E-state index in [4.69, 9.17) is 9.78 Å². The molecule has 0 aliphatic rings. The summed E-state index contributed by atoms with van der Waals surface area (Å²) in [7, 11) is 0. The van der Waals surface area contributed by atoms with Crippen LogP contribution in [0.25, 0.3) is 11.5 Å². The molecule has 0 atom stereocenters. The van der Waals surface area contributed by atoms with E-state index in [0.717, 1.165) is 11.1 Å². The van der Waals surface area contributed by atoms with Gasteiger partial charge in [-0.3, -0.25) is 4.79 Å². The second kappa shape index (κ2) is 6.75. The Morgan fingerprint density at radius 1 is 1.25 bits per heavy atom. The van der Waals surface area contributed by atoms with Crippen molar-refractivity contribution in [2.45, 2.75) is 13.5 Å². The zero-order valence-corrected chi connectivity index (χ0v) is 13.0. The lowest BCUT2D eigenvalue weighted by atomic mass is 10.1. The maximum atomic E-state index is 12.1. The normalized spacial score (nSPS) is 10.2. The number of aromatic nitrogens is 2. The molecule has 0 bridgehead atoms. The Balaban J connectivity index is 1.67. The van der Waals surface area contributed by atoms with Crippen molar-refractivity contribution in [2.24, 2.45) is 0 Å². The SMILES string of the molecule is Cc1cccc(-c2nc(CNC(=O)c3cccc(C#N)c3)no2)c1. The van der Waals surface area contributed by atoms with Crippen molar-refractivity contribution >= 4 is 5.91 Å². The lowest BCUT2D eigenvalue weighted by molar-refractivity contribution is 0.0949. The van der Waals surface area contributed by atoms with E-state index in [1.807, 2.05) is 37.3 Å². The smallest absolute Gasteiger partial charge is 0.257 e. The number of hydrogen-bond donors (Lipinski definition) is 1. The number of aryl methyl sites for hydroxylation is 1. The number of nitrogens with one attached hydrogen (secondary N) is 1. The van der Waals surface area contributed by atoms with Crippen LogP contribution in [-0.2, 0) is 6.54 Å². The van der Waals surface area contributed by atoms with Crippen molar-refractivity contribution in [1.29, 1.82) is 5.26 Å². The van der Waals surface area contributed by atoms with Gasteiger partial charge in [-0.25, -0.2) is 0 Å². The molecule has 0 saturated carbocycles. The van der Waals surface area contributed by atoms with Crippen LogP contribution in [0.1, 0.15) is 27.3 Å². The molecular weight excluding hydrogens is 304 g/mol. The first-order chi connectivity index (χ1) is 11.7. The zero-order chi connectivity index (χ0) is 16.9. The molecule has 3 aromatic rings. The van der Waals surface area contributed by atoms with Gasteiger partial charge >= 0.3 is 0 Å². The molecule has 0 radical (unpaired) electrons. The van der Waals surface area contributed by atoms with Gasteiger partial charge in [0.25, 0.3) is 11.8 Å². The first kappa shape index (κ1) is 15.4. The van der Waals surface area contributed by atoms with Crippen LogP contribution < -0.4 is 5.32 Å². The van der Waals surface area contributed by atoms with E-state index in [1.165, 1.54) is 6.07 Å². The highest BCUT2D eigenvalue weighted by molar-refractivity contribution is 5.94. The number of nitriles is 1. The number of rotatable bonds is 4. The summed E-state index contributed by atoms with van der Waals surface area (Å²) in [5, 5.41) is 15.4. The number of hydrogen-bond acceptors (Lipinski definition) is 5. The van der Waals surface area contributed by atoms with Gasteiger partial charge in [0.15, 0.2) is 5.82 Å². The van der Waals surface area contributed by atoms with Gasteiger partial charge in [0.1, 0.15) is 0 Å². The van der Waals surface area contributed by atoms with Crippen molar-refractivity contribution in [1.82, 2.24) is 15.5 Å². The highest BCUT2D eigenvalue weighted by Gasteiger charge is 2.11.